The molecule has 2 fully saturated rings. The summed E-state index contributed by atoms with van der Waals surface area (Å²) in [5.41, 5.74) is 0.544. The third kappa shape index (κ3) is 2.76. The number of fused-ring (bicyclic) bond motifs is 2. The number of nitrogens with one attached hydrogen (secondary N) is 1. The summed E-state index contributed by atoms with van der Waals surface area (Å²) in [5.74, 6) is 0.230. The predicted molar refractivity (Wildman–Crippen MR) is 106 cm³/mol. The number of halogens is 1. The van der Waals surface area contributed by atoms with Crippen LogP contribution in [0.3, 0.4) is 0 Å². The molecule has 0 amide bonds. The molecule has 2 aromatic carbocycles. The number of H-pyrrole nitrogens is 1. The van der Waals surface area contributed by atoms with Crippen molar-refractivity contribution < 1.29 is 13.5 Å². The zero-order chi connectivity index (χ0) is 19.5. The van der Waals surface area contributed by atoms with Gasteiger partial charge in [-0.25, -0.2) is 8.42 Å². The zero-order valence-electron chi connectivity index (χ0n) is 15.0. The molecule has 1 saturated heterocycles. The Morgan fingerprint density at radius 3 is 2.50 bits per heavy atom. The van der Waals surface area contributed by atoms with Gasteiger partial charge in [0.25, 0.3) is 0 Å². The van der Waals surface area contributed by atoms with E-state index in [-0.39, 0.29) is 11.8 Å². The van der Waals surface area contributed by atoms with E-state index in [2.05, 4.69) is 10.2 Å². The van der Waals surface area contributed by atoms with Crippen molar-refractivity contribution in [3.05, 3.63) is 59.2 Å². The van der Waals surface area contributed by atoms with Crippen molar-refractivity contribution in [2.24, 2.45) is 11.8 Å². The first-order chi connectivity index (χ1) is 13.4. The fourth-order valence-electron chi connectivity index (χ4n) is 4.87. The Morgan fingerprint density at radius 2 is 1.82 bits per heavy atom. The third-order valence-electron chi connectivity index (χ3n) is 6.15. The second-order valence-electron chi connectivity index (χ2n) is 7.88. The molecule has 6 nitrogen and oxygen atoms in total. The van der Waals surface area contributed by atoms with Gasteiger partial charge in [0.2, 0.25) is 10.0 Å². The molecule has 1 aliphatic carbocycles. The summed E-state index contributed by atoms with van der Waals surface area (Å²) < 4.78 is 27.4. The van der Waals surface area contributed by atoms with Gasteiger partial charge in [-0.05, 0) is 54.5 Å². The van der Waals surface area contributed by atoms with Gasteiger partial charge in [-0.3, -0.25) is 5.10 Å². The molecule has 0 radical (unpaired) electrons. The number of aromatic nitrogens is 2. The van der Waals surface area contributed by atoms with Crippen molar-refractivity contribution >= 4 is 32.5 Å². The summed E-state index contributed by atoms with van der Waals surface area (Å²) in [6, 6.07) is 12.1. The van der Waals surface area contributed by atoms with Crippen LogP contribution >= 0.6 is 11.6 Å². The van der Waals surface area contributed by atoms with E-state index in [0.29, 0.717) is 35.8 Å². The van der Waals surface area contributed by atoms with Gasteiger partial charge in [0.05, 0.1) is 22.2 Å². The van der Waals surface area contributed by atoms with Crippen LogP contribution in [0.5, 0.6) is 0 Å². The van der Waals surface area contributed by atoms with Gasteiger partial charge >= 0.3 is 0 Å². The summed E-state index contributed by atoms with van der Waals surface area (Å²) in [6.07, 6.45) is 2.73. The number of rotatable bonds is 3. The lowest BCUT2D eigenvalue weighted by Crippen LogP contribution is -2.32. The molecular formula is C20H20ClN3O3S. The SMILES string of the molecule is O=S(=O)(c1ccccc1)N1C[C@@H]2C[C@@](O)(c3cc(Cl)cc4[nH]ncc34)C[C@@H]2C1. The van der Waals surface area contributed by atoms with Gasteiger partial charge in [0.1, 0.15) is 0 Å². The summed E-state index contributed by atoms with van der Waals surface area (Å²) in [4.78, 5) is 0.320. The second kappa shape index (κ2) is 6.29. The summed E-state index contributed by atoms with van der Waals surface area (Å²) in [5, 5.41) is 19.8. The molecule has 28 heavy (non-hydrogen) atoms. The van der Waals surface area contributed by atoms with Crippen LogP contribution in [0, 0.1) is 11.8 Å². The molecule has 3 atom stereocenters. The quantitative estimate of drug-likeness (QED) is 0.685. The Hall–Kier alpha value is -1.93. The number of benzene rings is 2. The Morgan fingerprint density at radius 1 is 1.14 bits per heavy atom. The smallest absolute Gasteiger partial charge is 0.243 e. The van der Waals surface area contributed by atoms with Crippen molar-refractivity contribution in [1.29, 1.82) is 0 Å². The minimum atomic E-state index is -3.50. The van der Waals surface area contributed by atoms with Crippen LogP contribution in [-0.4, -0.2) is 41.1 Å². The van der Waals surface area contributed by atoms with Crippen molar-refractivity contribution in [3.8, 4) is 0 Å². The van der Waals surface area contributed by atoms with Gasteiger partial charge in [0, 0.05) is 23.5 Å². The van der Waals surface area contributed by atoms with E-state index in [1.165, 1.54) is 0 Å². The molecule has 2 heterocycles. The highest BCUT2D eigenvalue weighted by molar-refractivity contribution is 7.89. The number of nitrogens with zero attached hydrogens (tertiary/aromatic N) is 2. The van der Waals surface area contributed by atoms with Gasteiger partial charge in [-0.2, -0.15) is 9.40 Å². The van der Waals surface area contributed by atoms with Crippen molar-refractivity contribution in [2.45, 2.75) is 23.3 Å². The van der Waals surface area contributed by atoms with Crippen LogP contribution in [-0.2, 0) is 15.6 Å². The lowest BCUT2D eigenvalue weighted by atomic mass is 9.88. The van der Waals surface area contributed by atoms with E-state index in [1.807, 2.05) is 0 Å². The minimum Gasteiger partial charge on any atom is -0.385 e. The second-order valence-corrected chi connectivity index (χ2v) is 10.3. The maximum atomic E-state index is 12.9. The van der Waals surface area contributed by atoms with Crippen LogP contribution in [0.25, 0.3) is 10.9 Å². The molecule has 5 rings (SSSR count). The fraction of sp³-hybridized carbons (Fsp3) is 0.350. The summed E-state index contributed by atoms with van der Waals surface area (Å²) in [7, 11) is -3.50. The van der Waals surface area contributed by atoms with E-state index < -0.39 is 15.6 Å². The van der Waals surface area contributed by atoms with Crippen LogP contribution in [0.4, 0.5) is 0 Å². The minimum absolute atomic E-state index is 0.115. The zero-order valence-corrected chi connectivity index (χ0v) is 16.6. The summed E-state index contributed by atoms with van der Waals surface area (Å²) >= 11 is 6.25. The van der Waals surface area contributed by atoms with Crippen molar-refractivity contribution in [3.63, 3.8) is 0 Å². The maximum absolute atomic E-state index is 12.9. The maximum Gasteiger partial charge on any atom is 0.243 e. The lowest BCUT2D eigenvalue weighted by Gasteiger charge is -2.27. The molecule has 1 aromatic heterocycles. The molecule has 1 saturated carbocycles. The topological polar surface area (TPSA) is 86.3 Å². The molecule has 2 N–H and O–H groups in total. The molecule has 3 aromatic rings. The molecule has 2 aliphatic rings. The Balaban J connectivity index is 1.42. The average molecular weight is 418 g/mol. The van der Waals surface area contributed by atoms with E-state index >= 15 is 0 Å². The third-order valence-corrected chi connectivity index (χ3v) is 8.21. The van der Waals surface area contributed by atoms with E-state index in [1.54, 1.807) is 53.0 Å². The molecule has 1 aliphatic heterocycles. The molecule has 8 heteroatoms. The predicted octanol–water partition coefficient (Wildman–Crippen LogP) is 3.13. The Bertz CT molecular complexity index is 1130. The number of sulfonamides is 1. The first kappa shape index (κ1) is 18.1. The number of hydrogen-bond donors (Lipinski definition) is 2. The van der Waals surface area contributed by atoms with E-state index in [9.17, 15) is 13.5 Å². The van der Waals surface area contributed by atoms with Gasteiger partial charge < -0.3 is 5.11 Å². The van der Waals surface area contributed by atoms with E-state index in [0.717, 1.165) is 16.5 Å². The highest BCUT2D eigenvalue weighted by atomic mass is 35.5. The summed E-state index contributed by atoms with van der Waals surface area (Å²) in [6.45, 7) is 0.860. The van der Waals surface area contributed by atoms with Crippen LogP contribution < -0.4 is 0 Å². The Labute approximate surface area is 168 Å². The van der Waals surface area contributed by atoms with Gasteiger partial charge in [-0.1, -0.05) is 29.8 Å². The van der Waals surface area contributed by atoms with Crippen LogP contribution in [0.15, 0.2) is 53.6 Å². The van der Waals surface area contributed by atoms with Crippen molar-refractivity contribution in [2.75, 3.05) is 13.1 Å². The molecule has 146 valence electrons. The van der Waals surface area contributed by atoms with Gasteiger partial charge in [0.15, 0.2) is 0 Å². The largest absolute Gasteiger partial charge is 0.385 e. The first-order valence-corrected chi connectivity index (χ1v) is 11.1. The molecule has 0 unspecified atom stereocenters. The normalized spacial score (nSPS) is 28.1. The number of aliphatic hydroxyl groups is 1. The highest BCUT2D eigenvalue weighted by Gasteiger charge is 2.51. The first-order valence-electron chi connectivity index (χ1n) is 9.27. The average Bonchev–Trinajstić information content (AvgIpc) is 3.35. The van der Waals surface area contributed by atoms with Crippen molar-refractivity contribution in [1.82, 2.24) is 14.5 Å². The number of aromatic amines is 1. The molecular weight excluding hydrogens is 398 g/mol. The van der Waals surface area contributed by atoms with E-state index in [4.69, 9.17) is 11.6 Å². The fourth-order valence-corrected chi connectivity index (χ4v) is 6.66. The molecule has 0 spiro atoms. The lowest BCUT2D eigenvalue weighted by molar-refractivity contribution is 0.0353. The Kier molecular flexibility index (Phi) is 4.07. The van der Waals surface area contributed by atoms with Crippen LogP contribution in [0.1, 0.15) is 18.4 Å². The number of hydrogen-bond acceptors (Lipinski definition) is 4. The monoisotopic (exact) mass is 417 g/mol. The highest BCUT2D eigenvalue weighted by Crippen LogP contribution is 2.51. The van der Waals surface area contributed by atoms with Crippen LogP contribution in [0.2, 0.25) is 5.02 Å². The van der Waals surface area contributed by atoms with Gasteiger partial charge in [-0.15, -0.1) is 0 Å². The standard InChI is InChI=1S/C20H20ClN3O3S/c21-15-6-18(17-10-22-23-19(17)7-15)20(25)8-13-11-24(12-14(13)9-20)28(26,27)16-4-2-1-3-5-16/h1-7,10,13-14,25H,8-9,11-12H2,(H,22,23)/t13-,14+,20-. The molecule has 0 bridgehead atoms.